The number of hydrogen-bond acceptors (Lipinski definition) is 3. The number of rotatable bonds is 4. The van der Waals surface area contributed by atoms with E-state index in [0.29, 0.717) is 17.6 Å². The number of aromatic carboxylic acids is 1. The summed E-state index contributed by atoms with van der Waals surface area (Å²) in [4.78, 5) is 10.7. The van der Waals surface area contributed by atoms with Crippen LogP contribution in [0.2, 0.25) is 0 Å². The molecule has 0 aliphatic heterocycles. The highest BCUT2D eigenvalue weighted by molar-refractivity contribution is 7.15. The Morgan fingerprint density at radius 3 is 2.92 bits per heavy atom. The molecule has 0 aliphatic rings. The smallest absolute Gasteiger partial charge is 0.345 e. The topological polar surface area (TPSA) is 46.5 Å². The van der Waals surface area contributed by atoms with Crippen molar-refractivity contribution in [1.82, 2.24) is 0 Å². The molecule has 0 atom stereocenters. The van der Waals surface area contributed by atoms with Gasteiger partial charge in [0.15, 0.2) is 5.06 Å². The van der Waals surface area contributed by atoms with E-state index >= 15 is 0 Å². The summed E-state index contributed by atoms with van der Waals surface area (Å²) in [7, 11) is 0. The second kappa shape index (κ2) is 4.33. The lowest BCUT2D eigenvalue weighted by Gasteiger charge is -1.96. The van der Waals surface area contributed by atoms with Crippen molar-refractivity contribution in [2.24, 2.45) is 0 Å². The Kier molecular flexibility index (Phi) is 3.37. The lowest BCUT2D eigenvalue weighted by atomic mass is 10.5. The van der Waals surface area contributed by atoms with Crippen LogP contribution in [0.5, 0.6) is 5.06 Å². The summed E-state index contributed by atoms with van der Waals surface area (Å²) in [5.74, 6) is -0.527. The number of hydrogen-bond donors (Lipinski definition) is 1. The maximum Gasteiger partial charge on any atom is 0.345 e. The molecule has 5 heteroatoms. The van der Waals surface area contributed by atoms with Gasteiger partial charge in [0, 0.05) is 0 Å². The van der Waals surface area contributed by atoms with E-state index in [0.717, 1.165) is 11.3 Å². The molecule has 66 valence electrons. The van der Waals surface area contributed by atoms with E-state index in [1.165, 1.54) is 6.07 Å². The van der Waals surface area contributed by atoms with Crippen molar-refractivity contribution in [2.75, 3.05) is 12.5 Å². The van der Waals surface area contributed by atoms with Gasteiger partial charge in [-0.3, -0.25) is 0 Å². The van der Waals surface area contributed by atoms with Gasteiger partial charge in [0.2, 0.25) is 0 Å². The molecule has 0 unspecified atom stereocenters. The number of ether oxygens (including phenoxy) is 1. The maximum absolute atomic E-state index is 10.4. The molecule has 3 nitrogen and oxygen atoms in total. The van der Waals surface area contributed by atoms with E-state index in [1.807, 2.05) is 0 Å². The quantitative estimate of drug-likeness (QED) is 0.768. The number of halogens is 1. The van der Waals surface area contributed by atoms with E-state index in [4.69, 9.17) is 21.4 Å². The van der Waals surface area contributed by atoms with Gasteiger partial charge in [-0.15, -0.1) is 11.6 Å². The van der Waals surface area contributed by atoms with Gasteiger partial charge in [-0.2, -0.15) is 0 Å². The predicted octanol–water partition coefficient (Wildman–Crippen LogP) is 2.06. The van der Waals surface area contributed by atoms with Gasteiger partial charge in [-0.05, 0) is 12.1 Å². The minimum absolute atomic E-state index is 0.277. The minimum atomic E-state index is -0.930. The van der Waals surface area contributed by atoms with E-state index in [-0.39, 0.29) is 4.88 Å². The molecule has 1 N–H and O–H groups in total. The van der Waals surface area contributed by atoms with E-state index in [9.17, 15) is 4.79 Å². The van der Waals surface area contributed by atoms with Gasteiger partial charge in [0.1, 0.15) is 11.5 Å². The second-order valence-electron chi connectivity index (χ2n) is 1.96. The summed E-state index contributed by atoms with van der Waals surface area (Å²) in [5.41, 5.74) is 0. The monoisotopic (exact) mass is 206 g/mol. The molecule has 12 heavy (non-hydrogen) atoms. The summed E-state index contributed by atoms with van der Waals surface area (Å²) >= 11 is 6.48. The first-order valence-corrected chi connectivity index (χ1v) is 4.61. The Bertz CT molecular complexity index is 271. The van der Waals surface area contributed by atoms with Crippen molar-refractivity contribution >= 4 is 28.9 Å². The fourth-order valence-corrected chi connectivity index (χ4v) is 1.45. The van der Waals surface area contributed by atoms with Crippen molar-refractivity contribution in [3.63, 3.8) is 0 Å². The highest BCUT2D eigenvalue weighted by Crippen LogP contribution is 2.24. The standard InChI is InChI=1S/C7H7ClO3S/c8-3-4-11-6-2-1-5(12-6)7(9)10/h1-2H,3-4H2,(H,9,10). The van der Waals surface area contributed by atoms with E-state index in [2.05, 4.69) is 0 Å². The Balaban J connectivity index is 2.58. The summed E-state index contributed by atoms with van der Waals surface area (Å²) in [6, 6.07) is 3.14. The molecule has 0 amide bonds. The molecule has 1 aromatic rings. The first kappa shape index (κ1) is 9.35. The number of carboxylic acids is 1. The predicted molar refractivity (Wildman–Crippen MR) is 47.5 cm³/mol. The van der Waals surface area contributed by atoms with Crippen LogP contribution in [-0.2, 0) is 0 Å². The zero-order valence-electron chi connectivity index (χ0n) is 6.12. The molecular weight excluding hydrogens is 200 g/mol. The molecule has 0 radical (unpaired) electrons. The number of carbonyl (C=O) groups is 1. The fourth-order valence-electron chi connectivity index (χ4n) is 0.652. The number of carboxylic acid groups (broad SMARTS) is 1. The highest BCUT2D eigenvalue weighted by Gasteiger charge is 2.06. The van der Waals surface area contributed by atoms with Crippen LogP contribution in [0, 0.1) is 0 Å². The first-order chi connectivity index (χ1) is 5.74. The van der Waals surface area contributed by atoms with Crippen molar-refractivity contribution in [1.29, 1.82) is 0 Å². The van der Waals surface area contributed by atoms with Gasteiger partial charge >= 0.3 is 5.97 Å². The van der Waals surface area contributed by atoms with Gasteiger partial charge in [-0.1, -0.05) is 11.3 Å². The number of alkyl halides is 1. The molecule has 0 aromatic carbocycles. The first-order valence-electron chi connectivity index (χ1n) is 3.26. The van der Waals surface area contributed by atoms with Crippen LogP contribution in [0.25, 0.3) is 0 Å². The molecule has 0 saturated carbocycles. The van der Waals surface area contributed by atoms with Crippen molar-refractivity contribution < 1.29 is 14.6 Å². The fraction of sp³-hybridized carbons (Fsp3) is 0.286. The van der Waals surface area contributed by atoms with Crippen LogP contribution in [0.4, 0.5) is 0 Å². The van der Waals surface area contributed by atoms with Gasteiger partial charge in [0.25, 0.3) is 0 Å². The highest BCUT2D eigenvalue weighted by atomic mass is 35.5. The van der Waals surface area contributed by atoms with Crippen molar-refractivity contribution in [2.45, 2.75) is 0 Å². The molecule has 1 rings (SSSR count). The summed E-state index contributed by atoms with van der Waals surface area (Å²) < 4.78 is 5.11. The van der Waals surface area contributed by atoms with Crippen LogP contribution >= 0.6 is 22.9 Å². The van der Waals surface area contributed by atoms with Crippen LogP contribution < -0.4 is 4.74 Å². The minimum Gasteiger partial charge on any atom is -0.483 e. The summed E-state index contributed by atoms with van der Waals surface area (Å²) in [5, 5.41) is 9.14. The Morgan fingerprint density at radius 2 is 2.42 bits per heavy atom. The molecule has 0 aliphatic carbocycles. The second-order valence-corrected chi connectivity index (χ2v) is 3.39. The molecule has 1 aromatic heterocycles. The van der Waals surface area contributed by atoms with Crippen LogP contribution in [-0.4, -0.2) is 23.6 Å². The average Bonchev–Trinajstić information content (AvgIpc) is 2.48. The van der Waals surface area contributed by atoms with Gasteiger partial charge in [0.05, 0.1) is 5.88 Å². The third-order valence-corrected chi connectivity index (χ3v) is 2.25. The average molecular weight is 207 g/mol. The number of thiophene rings is 1. The Labute approximate surface area is 78.5 Å². The Morgan fingerprint density at radius 1 is 1.67 bits per heavy atom. The SMILES string of the molecule is O=C(O)c1ccc(OCCCl)s1. The molecule has 0 saturated heterocycles. The van der Waals surface area contributed by atoms with Crippen LogP contribution in [0.1, 0.15) is 9.67 Å². The molecular formula is C7H7ClO3S. The molecule has 0 spiro atoms. The lowest BCUT2D eigenvalue weighted by Crippen LogP contribution is -1.95. The van der Waals surface area contributed by atoms with Crippen molar-refractivity contribution in [3.8, 4) is 5.06 Å². The van der Waals surface area contributed by atoms with Crippen LogP contribution in [0.15, 0.2) is 12.1 Å². The van der Waals surface area contributed by atoms with E-state index < -0.39 is 5.97 Å². The molecule has 0 bridgehead atoms. The zero-order valence-corrected chi connectivity index (χ0v) is 7.69. The molecule has 0 fully saturated rings. The van der Waals surface area contributed by atoms with Gasteiger partial charge < -0.3 is 9.84 Å². The van der Waals surface area contributed by atoms with E-state index in [1.54, 1.807) is 6.07 Å². The lowest BCUT2D eigenvalue weighted by molar-refractivity contribution is 0.0702. The largest absolute Gasteiger partial charge is 0.483 e. The maximum atomic E-state index is 10.4. The Hall–Kier alpha value is -0.740. The zero-order chi connectivity index (χ0) is 8.97. The normalized spacial score (nSPS) is 9.75. The third kappa shape index (κ3) is 2.39. The summed E-state index contributed by atoms with van der Waals surface area (Å²) in [6.07, 6.45) is 0. The summed E-state index contributed by atoms with van der Waals surface area (Å²) in [6.45, 7) is 0.404. The van der Waals surface area contributed by atoms with Crippen molar-refractivity contribution in [3.05, 3.63) is 17.0 Å². The van der Waals surface area contributed by atoms with Crippen LogP contribution in [0.3, 0.4) is 0 Å². The molecule has 1 heterocycles. The third-order valence-electron chi connectivity index (χ3n) is 1.11. The van der Waals surface area contributed by atoms with Gasteiger partial charge in [-0.25, -0.2) is 4.79 Å².